The van der Waals surface area contributed by atoms with E-state index in [1.165, 1.54) is 19.2 Å². The minimum absolute atomic E-state index is 0.0997. The van der Waals surface area contributed by atoms with E-state index in [0.717, 1.165) is 11.5 Å². The quantitative estimate of drug-likeness (QED) is 0.131. The Hall–Kier alpha value is -1.14. The molecule has 0 aliphatic carbocycles. The SMILES string of the molecule is CC#CC1(Cl)C(CO)[C@@H]([C@@H](C)OP(=O)(O)OP(=O)(O)OP(=O)(O)O)O[C@H]1n1ccc(N)nc1=O. The number of hydrogen-bond acceptors (Lipinski definition) is 11. The summed E-state index contributed by atoms with van der Waals surface area (Å²) in [7, 11) is -16.9. The van der Waals surface area contributed by atoms with Crippen LogP contribution in [0.15, 0.2) is 17.1 Å². The molecular weight excluding hydrogens is 547 g/mol. The van der Waals surface area contributed by atoms with Crippen molar-refractivity contribution in [2.75, 3.05) is 12.3 Å². The van der Waals surface area contributed by atoms with E-state index < -0.39 is 65.0 Å². The van der Waals surface area contributed by atoms with Crippen molar-refractivity contribution < 1.29 is 56.3 Å². The number of nitrogens with two attached hydrogens (primary N) is 1. The van der Waals surface area contributed by atoms with E-state index in [9.17, 15) is 33.4 Å². The van der Waals surface area contributed by atoms with Crippen LogP contribution in [0.3, 0.4) is 0 Å². The normalized spacial score (nSPS) is 29.5. The number of aliphatic hydroxyl groups excluding tert-OH is 1. The number of alkyl halides is 1. The molecule has 0 radical (unpaired) electrons. The molecule has 192 valence electrons. The molecular formula is C14H21ClN3O13P3. The van der Waals surface area contributed by atoms with Gasteiger partial charge in [-0.3, -0.25) is 9.09 Å². The van der Waals surface area contributed by atoms with Crippen molar-refractivity contribution in [3.8, 4) is 11.8 Å². The molecule has 2 rings (SSSR count). The van der Waals surface area contributed by atoms with Crippen LogP contribution in [0.2, 0.25) is 0 Å². The summed E-state index contributed by atoms with van der Waals surface area (Å²) < 4.78 is 53.3. The van der Waals surface area contributed by atoms with Crippen LogP contribution >= 0.6 is 35.1 Å². The zero-order valence-corrected chi connectivity index (χ0v) is 20.8. The van der Waals surface area contributed by atoms with E-state index in [1.54, 1.807) is 0 Å². The van der Waals surface area contributed by atoms with Gasteiger partial charge < -0.3 is 35.2 Å². The Bertz CT molecular complexity index is 1180. The second-order valence-corrected chi connectivity index (χ2v) is 11.8. The number of halogens is 1. The molecule has 34 heavy (non-hydrogen) atoms. The lowest BCUT2D eigenvalue weighted by Gasteiger charge is -2.29. The van der Waals surface area contributed by atoms with Crippen molar-refractivity contribution in [3.05, 3.63) is 22.7 Å². The first-order valence-corrected chi connectivity index (χ1v) is 13.9. The summed E-state index contributed by atoms with van der Waals surface area (Å²) in [6, 6.07) is 1.26. The van der Waals surface area contributed by atoms with Crippen LogP contribution in [0.1, 0.15) is 20.1 Å². The smallest absolute Gasteiger partial charge is 0.396 e. The van der Waals surface area contributed by atoms with Crippen molar-refractivity contribution in [2.45, 2.75) is 37.2 Å². The maximum atomic E-state index is 12.3. The van der Waals surface area contributed by atoms with E-state index >= 15 is 0 Å². The van der Waals surface area contributed by atoms with Crippen LogP contribution in [0.5, 0.6) is 0 Å². The lowest BCUT2D eigenvalue weighted by Crippen LogP contribution is -2.42. The molecule has 7 atom stereocenters. The molecule has 16 nitrogen and oxygen atoms in total. The van der Waals surface area contributed by atoms with E-state index in [1.807, 2.05) is 0 Å². The Kier molecular flexibility index (Phi) is 8.95. The third-order valence-corrected chi connectivity index (χ3v) is 8.86. The summed E-state index contributed by atoms with van der Waals surface area (Å²) in [4.78, 5) is 50.4. The molecule has 7 N–H and O–H groups in total. The molecule has 4 unspecified atom stereocenters. The largest absolute Gasteiger partial charge is 0.490 e. The molecule has 1 aromatic rings. The summed E-state index contributed by atoms with van der Waals surface area (Å²) in [5.41, 5.74) is 4.59. The third kappa shape index (κ3) is 6.96. The van der Waals surface area contributed by atoms with Gasteiger partial charge in [0.05, 0.1) is 18.8 Å². The Morgan fingerprint density at radius 2 is 1.91 bits per heavy atom. The second-order valence-electron chi connectivity index (χ2n) is 6.83. The summed E-state index contributed by atoms with van der Waals surface area (Å²) in [5.74, 6) is 3.90. The standard InChI is InChI=1S/C14H21ClN3O13P3/c1-3-5-14(15)9(7-19)11(28-12(14)18-6-4-10(16)17-13(18)20)8(2)29-33(24,25)31-34(26,27)30-32(21,22)23/h4,6,8-9,11-12,19H,7H2,1-2H3,(H,24,25)(H,26,27)(H2,16,17,20)(H2,21,22,23)/t8-,9?,11-,12-,14?/m1/s1. The molecule has 1 saturated heterocycles. The highest BCUT2D eigenvalue weighted by Crippen LogP contribution is 2.67. The lowest BCUT2D eigenvalue weighted by atomic mass is 9.87. The fourth-order valence-electron chi connectivity index (χ4n) is 3.23. The molecule has 1 fully saturated rings. The third-order valence-electron chi connectivity index (χ3n) is 4.38. The number of hydrogen-bond donors (Lipinski definition) is 6. The highest BCUT2D eigenvalue weighted by molar-refractivity contribution is 7.66. The second kappa shape index (κ2) is 10.5. The molecule has 0 spiro atoms. The van der Waals surface area contributed by atoms with Crippen molar-refractivity contribution in [1.82, 2.24) is 9.55 Å². The molecule has 1 aromatic heterocycles. The molecule has 0 aromatic carbocycles. The summed E-state index contributed by atoms with van der Waals surface area (Å²) in [6.07, 6.45) is -3.12. The molecule has 0 amide bonds. The highest BCUT2D eigenvalue weighted by Gasteiger charge is 2.58. The van der Waals surface area contributed by atoms with Crippen molar-refractivity contribution in [1.29, 1.82) is 0 Å². The van der Waals surface area contributed by atoms with Gasteiger partial charge in [0, 0.05) is 12.1 Å². The number of phosphoric acid groups is 3. The molecule has 1 aliphatic rings. The average Bonchev–Trinajstić information content (AvgIpc) is 2.90. The van der Waals surface area contributed by atoms with Crippen LogP contribution in [0.4, 0.5) is 5.82 Å². The molecule has 0 saturated carbocycles. The minimum Gasteiger partial charge on any atom is -0.396 e. The fraction of sp³-hybridized carbons (Fsp3) is 0.571. The zero-order chi connectivity index (χ0) is 26.1. The van der Waals surface area contributed by atoms with Crippen molar-refractivity contribution in [3.63, 3.8) is 0 Å². The monoisotopic (exact) mass is 567 g/mol. The van der Waals surface area contributed by atoms with Gasteiger partial charge in [-0.15, -0.1) is 5.92 Å². The van der Waals surface area contributed by atoms with Gasteiger partial charge in [0.1, 0.15) is 5.82 Å². The first-order chi connectivity index (χ1) is 15.4. The fourth-order valence-corrected chi connectivity index (χ4v) is 6.87. The number of ether oxygens (including phenoxy) is 1. The van der Waals surface area contributed by atoms with E-state index in [0.29, 0.717) is 0 Å². The first-order valence-electron chi connectivity index (χ1n) is 9.00. The van der Waals surface area contributed by atoms with Gasteiger partial charge in [-0.1, -0.05) is 17.5 Å². The highest BCUT2D eigenvalue weighted by atomic mass is 35.5. The van der Waals surface area contributed by atoms with E-state index in [2.05, 4.69) is 25.4 Å². The van der Waals surface area contributed by atoms with Gasteiger partial charge in [-0.2, -0.15) is 13.6 Å². The number of nitrogens with zero attached hydrogens (tertiary/aromatic N) is 2. The van der Waals surface area contributed by atoms with Crippen molar-refractivity contribution in [2.24, 2.45) is 5.92 Å². The predicted octanol–water partition coefficient (Wildman–Crippen LogP) is 0.0641. The van der Waals surface area contributed by atoms with Crippen LogP contribution < -0.4 is 11.4 Å². The van der Waals surface area contributed by atoms with Gasteiger partial charge >= 0.3 is 29.2 Å². The maximum absolute atomic E-state index is 12.3. The number of rotatable bonds is 9. The number of aromatic nitrogens is 2. The molecule has 2 heterocycles. The van der Waals surface area contributed by atoms with Crippen LogP contribution in [-0.4, -0.2) is 57.9 Å². The van der Waals surface area contributed by atoms with Gasteiger partial charge in [-0.25, -0.2) is 18.5 Å². The van der Waals surface area contributed by atoms with Gasteiger partial charge in [-0.05, 0) is 19.9 Å². The summed E-state index contributed by atoms with van der Waals surface area (Å²) in [5, 5.41) is 9.97. The molecule has 1 aliphatic heterocycles. The molecule has 0 bridgehead atoms. The summed E-state index contributed by atoms with van der Waals surface area (Å²) >= 11 is 6.65. The average molecular weight is 568 g/mol. The predicted molar refractivity (Wildman–Crippen MR) is 114 cm³/mol. The van der Waals surface area contributed by atoms with Gasteiger partial charge in [0.15, 0.2) is 11.1 Å². The zero-order valence-electron chi connectivity index (χ0n) is 17.4. The van der Waals surface area contributed by atoms with Crippen LogP contribution in [0, 0.1) is 17.8 Å². The maximum Gasteiger partial charge on any atom is 0.490 e. The van der Waals surface area contributed by atoms with Crippen molar-refractivity contribution >= 4 is 40.9 Å². The number of phosphoric ester groups is 1. The van der Waals surface area contributed by atoms with E-state index in [-0.39, 0.29) is 5.82 Å². The lowest BCUT2D eigenvalue weighted by molar-refractivity contribution is -0.0666. The van der Waals surface area contributed by atoms with E-state index in [4.69, 9.17) is 36.4 Å². The number of aliphatic hydroxyl groups is 1. The topological polar surface area (TPSA) is 250 Å². The van der Waals surface area contributed by atoms with Crippen LogP contribution in [-0.2, 0) is 31.6 Å². The Balaban J connectivity index is 2.37. The number of nitrogen functional groups attached to an aromatic ring is 1. The Labute approximate surface area is 197 Å². The Morgan fingerprint density at radius 1 is 1.29 bits per heavy atom. The first kappa shape index (κ1) is 29.1. The van der Waals surface area contributed by atoms with Crippen LogP contribution in [0.25, 0.3) is 0 Å². The van der Waals surface area contributed by atoms with Gasteiger partial charge in [0.25, 0.3) is 0 Å². The minimum atomic E-state index is -5.76. The molecule has 20 heteroatoms. The van der Waals surface area contributed by atoms with Gasteiger partial charge in [0.2, 0.25) is 0 Å². The Morgan fingerprint density at radius 3 is 2.41 bits per heavy atom. The summed E-state index contributed by atoms with van der Waals surface area (Å²) in [6.45, 7) is 1.83. The number of anilines is 1.